The molecule has 1 N–H and O–H groups in total. The number of hydrogen-bond donors (Lipinski definition) is 1. The van der Waals surface area contributed by atoms with Crippen molar-refractivity contribution in [3.05, 3.63) is 53.6 Å². The van der Waals surface area contributed by atoms with Crippen molar-refractivity contribution in [3.8, 4) is 16.9 Å². The van der Waals surface area contributed by atoms with Crippen LogP contribution in [0.15, 0.2) is 36.9 Å². The number of halogens is 3. The Kier molecular flexibility index (Phi) is 6.88. The predicted molar refractivity (Wildman–Crippen MR) is 149 cm³/mol. The zero-order valence-electron chi connectivity index (χ0n) is 22.4. The van der Waals surface area contributed by atoms with Crippen molar-refractivity contribution in [2.45, 2.75) is 25.4 Å². The number of phenols is 1. The fraction of sp³-hybridized carbons (Fsp3) is 0.393. The van der Waals surface area contributed by atoms with Gasteiger partial charge in [-0.1, -0.05) is 24.2 Å². The third-order valence-corrected chi connectivity index (χ3v) is 8.20. The summed E-state index contributed by atoms with van der Waals surface area (Å²) in [6.07, 6.45) is 1.30. The van der Waals surface area contributed by atoms with Crippen LogP contribution in [-0.2, 0) is 4.79 Å². The quantitative estimate of drug-likeness (QED) is 0.470. The van der Waals surface area contributed by atoms with E-state index in [0.717, 1.165) is 6.07 Å². The molecule has 0 saturated carbocycles. The standard InChI is InChI=1S/C28H31ClF2N6O2/c1-6-21(39)37-11-10-35(13-16(37)2)26-17-12-18(29)22(23-19(30)8-7-9-20(23)38)24(31)25(17)32-27(33-26)36-14-28(3,15-36)34(4)5/h6-9,12,16,38H,1,10-11,13-15H2,2-5H3. The number of piperazine rings is 1. The minimum atomic E-state index is -0.841. The molecular formula is C28H31ClF2N6O2. The van der Waals surface area contributed by atoms with Gasteiger partial charge in [0.2, 0.25) is 11.9 Å². The molecule has 2 saturated heterocycles. The van der Waals surface area contributed by atoms with Crippen molar-refractivity contribution >= 4 is 40.2 Å². The maximum absolute atomic E-state index is 16.3. The van der Waals surface area contributed by atoms with E-state index in [2.05, 4.69) is 23.4 Å². The first-order chi connectivity index (χ1) is 18.4. The van der Waals surface area contributed by atoms with Crippen molar-refractivity contribution in [2.24, 2.45) is 0 Å². The SMILES string of the molecule is C=CC(=O)N1CCN(c2nc(N3CC(C)(N(C)C)C3)nc3c(F)c(-c4c(O)cccc4F)c(Cl)cc23)CC1C. The summed E-state index contributed by atoms with van der Waals surface area (Å²) in [5.74, 6) is -1.39. The summed E-state index contributed by atoms with van der Waals surface area (Å²) >= 11 is 6.55. The first-order valence-corrected chi connectivity index (χ1v) is 13.1. The highest BCUT2D eigenvalue weighted by molar-refractivity contribution is 6.34. The minimum absolute atomic E-state index is 0.0206. The highest BCUT2D eigenvalue weighted by Gasteiger charge is 2.42. The molecule has 8 nitrogen and oxygen atoms in total. The number of rotatable bonds is 5. The maximum Gasteiger partial charge on any atom is 0.246 e. The van der Waals surface area contributed by atoms with Gasteiger partial charge in [0.15, 0.2) is 5.82 Å². The molecule has 3 heterocycles. The van der Waals surface area contributed by atoms with Gasteiger partial charge in [0, 0.05) is 49.7 Å². The molecule has 0 spiro atoms. The lowest BCUT2D eigenvalue weighted by Gasteiger charge is -2.52. The predicted octanol–water partition coefficient (Wildman–Crippen LogP) is 4.30. The lowest BCUT2D eigenvalue weighted by atomic mass is 9.91. The number of carbonyl (C=O) groups is 1. The van der Waals surface area contributed by atoms with Gasteiger partial charge in [-0.15, -0.1) is 0 Å². The third-order valence-electron chi connectivity index (χ3n) is 7.90. The molecule has 1 amide bonds. The number of amides is 1. The first-order valence-electron chi connectivity index (χ1n) is 12.7. The molecule has 1 unspecified atom stereocenters. The molecule has 11 heteroatoms. The zero-order valence-corrected chi connectivity index (χ0v) is 23.1. The molecule has 2 aliphatic heterocycles. The van der Waals surface area contributed by atoms with Gasteiger partial charge in [-0.25, -0.2) is 13.8 Å². The average Bonchev–Trinajstić information content (AvgIpc) is 2.87. The Morgan fingerprint density at radius 2 is 1.92 bits per heavy atom. The monoisotopic (exact) mass is 556 g/mol. The van der Waals surface area contributed by atoms with E-state index in [0.29, 0.717) is 49.9 Å². The van der Waals surface area contributed by atoms with Crippen LogP contribution in [0.25, 0.3) is 22.0 Å². The smallest absolute Gasteiger partial charge is 0.246 e. The van der Waals surface area contributed by atoms with Gasteiger partial charge in [0.05, 0.1) is 16.1 Å². The third kappa shape index (κ3) is 4.55. The Hall–Kier alpha value is -3.50. The van der Waals surface area contributed by atoms with E-state index in [1.165, 1.54) is 24.3 Å². The fourth-order valence-electron chi connectivity index (χ4n) is 5.34. The van der Waals surface area contributed by atoms with Crippen molar-refractivity contribution in [2.75, 3.05) is 56.6 Å². The van der Waals surface area contributed by atoms with Gasteiger partial charge in [-0.2, -0.15) is 4.98 Å². The molecular weight excluding hydrogens is 526 g/mol. The highest BCUT2D eigenvalue weighted by atomic mass is 35.5. The summed E-state index contributed by atoms with van der Waals surface area (Å²) in [6.45, 7) is 10.3. The molecule has 2 fully saturated rings. The summed E-state index contributed by atoms with van der Waals surface area (Å²) in [4.78, 5) is 29.6. The second-order valence-electron chi connectivity index (χ2n) is 10.7. The van der Waals surface area contributed by atoms with Crippen molar-refractivity contribution in [1.29, 1.82) is 0 Å². The van der Waals surface area contributed by atoms with Crippen LogP contribution in [0.4, 0.5) is 20.5 Å². The van der Waals surface area contributed by atoms with Crippen LogP contribution in [0.3, 0.4) is 0 Å². The van der Waals surface area contributed by atoms with E-state index >= 15 is 4.39 Å². The van der Waals surface area contributed by atoms with Gasteiger partial charge in [0.1, 0.15) is 22.9 Å². The number of benzene rings is 2. The molecule has 1 atom stereocenters. The van der Waals surface area contributed by atoms with E-state index in [9.17, 15) is 14.3 Å². The van der Waals surface area contributed by atoms with Crippen LogP contribution in [0.2, 0.25) is 5.02 Å². The normalized spacial score (nSPS) is 19.0. The summed E-state index contributed by atoms with van der Waals surface area (Å²) in [6, 6.07) is 5.13. The van der Waals surface area contributed by atoms with Gasteiger partial charge in [-0.3, -0.25) is 4.79 Å². The van der Waals surface area contributed by atoms with Crippen LogP contribution in [0.1, 0.15) is 13.8 Å². The Balaban J connectivity index is 1.66. The molecule has 39 heavy (non-hydrogen) atoms. The van der Waals surface area contributed by atoms with Crippen LogP contribution >= 0.6 is 11.6 Å². The van der Waals surface area contributed by atoms with Crippen molar-refractivity contribution in [3.63, 3.8) is 0 Å². The second-order valence-corrected chi connectivity index (χ2v) is 11.1. The fourth-order valence-corrected chi connectivity index (χ4v) is 5.62. The lowest BCUT2D eigenvalue weighted by Crippen LogP contribution is -2.67. The molecule has 2 aliphatic rings. The van der Waals surface area contributed by atoms with E-state index in [1.54, 1.807) is 4.90 Å². The molecule has 1 aromatic heterocycles. The minimum Gasteiger partial charge on any atom is -0.507 e. The largest absolute Gasteiger partial charge is 0.507 e. The maximum atomic E-state index is 16.3. The van der Waals surface area contributed by atoms with E-state index in [-0.39, 0.29) is 39.2 Å². The highest BCUT2D eigenvalue weighted by Crippen LogP contribution is 2.43. The van der Waals surface area contributed by atoms with Crippen LogP contribution in [-0.4, -0.2) is 89.2 Å². The molecule has 3 aromatic rings. The number of phenolic OH excluding ortho intramolecular Hbond substituents is 1. The summed E-state index contributed by atoms with van der Waals surface area (Å²) < 4.78 is 31.1. The number of hydrogen-bond acceptors (Lipinski definition) is 7. The van der Waals surface area contributed by atoms with Crippen LogP contribution < -0.4 is 9.80 Å². The van der Waals surface area contributed by atoms with Gasteiger partial charge < -0.3 is 24.7 Å². The van der Waals surface area contributed by atoms with Crippen LogP contribution in [0, 0.1) is 11.6 Å². The number of fused-ring (bicyclic) bond motifs is 1. The number of aromatic hydroxyl groups is 1. The molecule has 0 radical (unpaired) electrons. The Labute approximate surface area is 231 Å². The average molecular weight is 557 g/mol. The molecule has 5 rings (SSSR count). The zero-order chi connectivity index (χ0) is 28.2. The molecule has 206 valence electrons. The lowest BCUT2D eigenvalue weighted by molar-refractivity contribution is -0.128. The molecule has 2 aromatic carbocycles. The molecule has 0 bridgehead atoms. The topological polar surface area (TPSA) is 76.0 Å². The van der Waals surface area contributed by atoms with E-state index in [4.69, 9.17) is 16.6 Å². The number of likely N-dealkylation sites (N-methyl/N-ethyl adjacent to an activating group) is 1. The van der Waals surface area contributed by atoms with E-state index < -0.39 is 17.4 Å². The summed E-state index contributed by atoms with van der Waals surface area (Å²) in [5.41, 5.74) is -0.690. The number of carbonyl (C=O) groups excluding carboxylic acids is 1. The van der Waals surface area contributed by atoms with Crippen molar-refractivity contribution < 1.29 is 18.7 Å². The Morgan fingerprint density at radius 1 is 1.21 bits per heavy atom. The van der Waals surface area contributed by atoms with Crippen molar-refractivity contribution in [1.82, 2.24) is 19.8 Å². The van der Waals surface area contributed by atoms with Gasteiger partial charge >= 0.3 is 0 Å². The van der Waals surface area contributed by atoms with E-state index in [1.807, 2.05) is 30.8 Å². The Morgan fingerprint density at radius 3 is 2.54 bits per heavy atom. The number of anilines is 2. The summed E-state index contributed by atoms with van der Waals surface area (Å²) in [7, 11) is 4.01. The first kappa shape index (κ1) is 27.1. The number of aromatic nitrogens is 2. The van der Waals surface area contributed by atoms with Gasteiger partial charge in [-0.05, 0) is 52.2 Å². The Bertz CT molecular complexity index is 1460. The number of nitrogens with zero attached hydrogens (tertiary/aromatic N) is 6. The van der Waals surface area contributed by atoms with Crippen LogP contribution in [0.5, 0.6) is 5.75 Å². The second kappa shape index (κ2) is 9.91. The molecule has 0 aliphatic carbocycles. The van der Waals surface area contributed by atoms with Gasteiger partial charge in [0.25, 0.3) is 0 Å². The summed E-state index contributed by atoms with van der Waals surface area (Å²) in [5, 5.41) is 10.7.